The largest absolute Gasteiger partial charge is 0.370 e. The third kappa shape index (κ3) is 4.75. The number of hydrogen-bond donors (Lipinski definition) is 0. The number of hydrogen-bond acceptors (Lipinski definition) is 6. The van der Waals surface area contributed by atoms with Crippen LogP contribution in [0.2, 0.25) is 0 Å². The van der Waals surface area contributed by atoms with Crippen molar-refractivity contribution in [3.8, 4) is 0 Å². The van der Waals surface area contributed by atoms with E-state index in [1.807, 2.05) is 0 Å². The van der Waals surface area contributed by atoms with Gasteiger partial charge in [-0.2, -0.15) is 0 Å². The van der Waals surface area contributed by atoms with Crippen LogP contribution in [0.25, 0.3) is 32.8 Å². The van der Waals surface area contributed by atoms with Crippen LogP contribution in [-0.4, -0.2) is 110 Å². The van der Waals surface area contributed by atoms with E-state index in [0.717, 1.165) is 51.2 Å². The van der Waals surface area contributed by atoms with Crippen LogP contribution in [0.4, 0.5) is 11.4 Å². The van der Waals surface area contributed by atoms with Gasteiger partial charge in [0.25, 0.3) is 0 Å². The van der Waals surface area contributed by atoms with Gasteiger partial charge in [-0.3, -0.25) is 0 Å². The van der Waals surface area contributed by atoms with Crippen molar-refractivity contribution in [1.82, 2.24) is 24.3 Å². The molecule has 0 atom stereocenters. The monoisotopic (exact) mass is 525 g/mol. The number of pyridine rings is 1. The van der Waals surface area contributed by atoms with Gasteiger partial charge in [0.05, 0.1) is 27.8 Å². The summed E-state index contributed by atoms with van der Waals surface area (Å²) in [6.45, 7) is 13.7. The van der Waals surface area contributed by atoms with Gasteiger partial charge < -0.3 is 29.1 Å². The molecule has 2 fully saturated rings. The highest BCUT2D eigenvalue weighted by molar-refractivity contribution is 6.17. The summed E-state index contributed by atoms with van der Waals surface area (Å²) in [5, 5.41) is 2.60. The molecule has 0 amide bonds. The van der Waals surface area contributed by atoms with E-state index in [-0.39, 0.29) is 0 Å². The average molecular weight is 526 g/mol. The first-order chi connectivity index (χ1) is 19.2. The Morgan fingerprint density at radius 1 is 0.718 bits per heavy atom. The fourth-order valence-electron chi connectivity index (χ4n) is 7.06. The number of anilines is 2. The molecule has 0 N–H and O–H groups in total. The Morgan fingerprint density at radius 3 is 2.41 bits per heavy atom. The minimum Gasteiger partial charge on any atom is -0.370 e. The van der Waals surface area contributed by atoms with Crippen LogP contribution in [0, 0.1) is 0 Å². The number of benzene rings is 2. The van der Waals surface area contributed by atoms with Crippen LogP contribution < -0.4 is 9.80 Å². The van der Waals surface area contributed by atoms with Gasteiger partial charge in [0, 0.05) is 81.9 Å². The SMILES string of the molecule is CN1CCN(CCCN2CCCn3c4ccccc4c4nc5cc(N6CCCN(C)CC6)ccc5c2c43)CC1. The van der Waals surface area contributed by atoms with Crippen molar-refractivity contribution in [1.29, 1.82) is 0 Å². The molecule has 206 valence electrons. The molecule has 0 radical (unpaired) electrons. The van der Waals surface area contributed by atoms with Crippen LogP contribution in [0.15, 0.2) is 42.5 Å². The van der Waals surface area contributed by atoms with E-state index < -0.39 is 0 Å². The van der Waals surface area contributed by atoms with Crippen LogP contribution in [-0.2, 0) is 6.54 Å². The van der Waals surface area contributed by atoms with Crippen LogP contribution in [0.3, 0.4) is 0 Å². The normalized spacial score (nSPS) is 20.3. The molecule has 0 saturated carbocycles. The first-order valence-corrected chi connectivity index (χ1v) is 15.1. The molecule has 5 heterocycles. The zero-order valence-electron chi connectivity index (χ0n) is 23.8. The Balaban J connectivity index is 1.29. The number of para-hydroxylation sites is 1. The highest BCUT2D eigenvalue weighted by Crippen LogP contribution is 2.41. The molecule has 2 aromatic carbocycles. The van der Waals surface area contributed by atoms with Crippen LogP contribution in [0.1, 0.15) is 19.3 Å². The summed E-state index contributed by atoms with van der Waals surface area (Å²) >= 11 is 0. The molecule has 2 aromatic heterocycles. The lowest BCUT2D eigenvalue weighted by Gasteiger charge is -2.33. The second-order valence-corrected chi connectivity index (χ2v) is 12.0. The van der Waals surface area contributed by atoms with E-state index in [2.05, 4.69) is 85.6 Å². The summed E-state index contributed by atoms with van der Waals surface area (Å²) < 4.78 is 2.56. The first-order valence-electron chi connectivity index (χ1n) is 15.1. The zero-order chi connectivity index (χ0) is 26.3. The third-order valence-corrected chi connectivity index (χ3v) is 9.35. The van der Waals surface area contributed by atoms with Crippen molar-refractivity contribution in [3.63, 3.8) is 0 Å². The van der Waals surface area contributed by atoms with Gasteiger partial charge in [-0.05, 0) is 70.7 Å². The van der Waals surface area contributed by atoms with Gasteiger partial charge in [-0.1, -0.05) is 18.2 Å². The lowest BCUT2D eigenvalue weighted by molar-refractivity contribution is 0.153. The smallest absolute Gasteiger partial charge is 0.0988 e. The fourth-order valence-corrected chi connectivity index (χ4v) is 7.06. The van der Waals surface area contributed by atoms with Crippen LogP contribution in [0.5, 0.6) is 0 Å². The Hall–Kier alpha value is -2.87. The Morgan fingerprint density at radius 2 is 1.51 bits per heavy atom. The molecule has 2 saturated heterocycles. The molecular formula is C32H43N7. The predicted molar refractivity (Wildman–Crippen MR) is 164 cm³/mol. The first kappa shape index (κ1) is 25.1. The predicted octanol–water partition coefficient (Wildman–Crippen LogP) is 4.33. The highest BCUT2D eigenvalue weighted by atomic mass is 15.2. The summed E-state index contributed by atoms with van der Waals surface area (Å²) in [5.74, 6) is 0. The maximum Gasteiger partial charge on any atom is 0.0988 e. The second kappa shape index (κ2) is 10.6. The molecule has 7 heteroatoms. The fraction of sp³-hybridized carbons (Fsp3) is 0.531. The highest BCUT2D eigenvalue weighted by Gasteiger charge is 2.25. The minimum atomic E-state index is 1.05. The van der Waals surface area contributed by atoms with Gasteiger partial charge in [-0.25, -0.2) is 4.98 Å². The van der Waals surface area contributed by atoms with E-state index >= 15 is 0 Å². The number of rotatable bonds is 5. The minimum absolute atomic E-state index is 1.05. The van der Waals surface area contributed by atoms with Crippen molar-refractivity contribution in [3.05, 3.63) is 42.5 Å². The maximum absolute atomic E-state index is 5.40. The standard InChI is InChI=1S/C32H43N7/c1-34-12-5-14-37(23-20-34)25-10-11-26-28(24-25)33-30-27-8-3-4-9-29(27)39-17-7-16-38(31(26)32(30)39)15-6-13-36-21-18-35(2)19-22-36/h3-4,8-11,24H,5-7,12-23H2,1-2H3. The van der Waals surface area contributed by atoms with Crippen LogP contribution >= 0.6 is 0 Å². The van der Waals surface area contributed by atoms with Gasteiger partial charge in [0.1, 0.15) is 0 Å². The molecule has 0 unspecified atom stereocenters. The van der Waals surface area contributed by atoms with E-state index in [4.69, 9.17) is 4.98 Å². The molecule has 39 heavy (non-hydrogen) atoms. The number of piperazine rings is 1. The molecule has 3 aliphatic rings. The zero-order valence-corrected chi connectivity index (χ0v) is 23.8. The molecule has 4 aromatic rings. The Bertz CT molecular complexity index is 1470. The topological polar surface area (TPSA) is 34.0 Å². The Labute approximate surface area is 232 Å². The van der Waals surface area contributed by atoms with Gasteiger partial charge in [0.15, 0.2) is 0 Å². The van der Waals surface area contributed by atoms with E-state index in [9.17, 15) is 0 Å². The summed E-state index contributed by atoms with van der Waals surface area (Å²) in [6.07, 6.45) is 3.58. The number of fused-ring (bicyclic) bond motifs is 5. The summed E-state index contributed by atoms with van der Waals surface area (Å²) in [5.41, 5.74) is 7.70. The molecule has 3 aliphatic heterocycles. The second-order valence-electron chi connectivity index (χ2n) is 12.0. The van der Waals surface area contributed by atoms with Crippen molar-refractivity contribution in [2.45, 2.75) is 25.8 Å². The van der Waals surface area contributed by atoms with Crippen molar-refractivity contribution >= 4 is 44.2 Å². The van der Waals surface area contributed by atoms with Crippen molar-refractivity contribution in [2.75, 3.05) is 95.9 Å². The molecule has 0 aliphatic carbocycles. The number of aryl methyl sites for hydroxylation is 1. The van der Waals surface area contributed by atoms with Gasteiger partial charge in [-0.15, -0.1) is 0 Å². The quantitative estimate of drug-likeness (QED) is 0.386. The summed E-state index contributed by atoms with van der Waals surface area (Å²) in [6, 6.07) is 16.0. The number of aromatic nitrogens is 2. The van der Waals surface area contributed by atoms with E-state index in [1.165, 1.54) is 90.8 Å². The van der Waals surface area contributed by atoms with E-state index in [0.29, 0.717) is 0 Å². The maximum atomic E-state index is 5.40. The molecule has 7 nitrogen and oxygen atoms in total. The molecule has 0 bridgehead atoms. The average Bonchev–Trinajstić information content (AvgIpc) is 3.09. The molecule has 0 spiro atoms. The van der Waals surface area contributed by atoms with Crippen molar-refractivity contribution in [2.24, 2.45) is 0 Å². The molecule has 7 rings (SSSR count). The lowest BCUT2D eigenvalue weighted by atomic mass is 10.1. The lowest BCUT2D eigenvalue weighted by Crippen LogP contribution is -2.45. The summed E-state index contributed by atoms with van der Waals surface area (Å²) in [4.78, 5) is 18.2. The van der Waals surface area contributed by atoms with Crippen molar-refractivity contribution < 1.29 is 0 Å². The molecular weight excluding hydrogens is 482 g/mol. The number of nitrogens with zero attached hydrogens (tertiary/aromatic N) is 7. The summed E-state index contributed by atoms with van der Waals surface area (Å²) in [7, 11) is 4.48. The Kier molecular flexibility index (Phi) is 6.83. The van der Waals surface area contributed by atoms with Gasteiger partial charge in [0.2, 0.25) is 0 Å². The van der Waals surface area contributed by atoms with E-state index in [1.54, 1.807) is 0 Å². The van der Waals surface area contributed by atoms with Gasteiger partial charge >= 0.3 is 0 Å². The third-order valence-electron chi connectivity index (χ3n) is 9.35. The number of likely N-dealkylation sites (N-methyl/N-ethyl adjacent to an activating group) is 2.